The van der Waals surface area contributed by atoms with Crippen LogP contribution in [0.25, 0.3) is 11.1 Å². The third-order valence-corrected chi connectivity index (χ3v) is 4.13. The number of hydrogen-bond donors (Lipinski definition) is 2. The van der Waals surface area contributed by atoms with Crippen molar-refractivity contribution in [2.45, 2.75) is 0 Å². The van der Waals surface area contributed by atoms with Crippen molar-refractivity contribution in [1.29, 1.82) is 0 Å². The molecule has 28 heavy (non-hydrogen) atoms. The van der Waals surface area contributed by atoms with Gasteiger partial charge in [0.25, 0.3) is 0 Å². The minimum atomic E-state index is 0.458. The largest absolute Gasteiger partial charge is 0.457 e. The van der Waals surface area contributed by atoms with Gasteiger partial charge in [-0.1, -0.05) is 30.3 Å². The highest BCUT2D eigenvalue weighted by atomic mass is 16.5. The third kappa shape index (κ3) is 4.04. The molecule has 0 aliphatic rings. The predicted octanol–water partition coefficient (Wildman–Crippen LogP) is 5.50. The molecule has 4 N–H and O–H groups in total. The molecule has 4 aromatic rings. The maximum atomic E-state index is 6.14. The molecule has 0 unspecified atom stereocenters. The fraction of sp³-hybridized carbons (Fsp3) is 0. The van der Waals surface area contributed by atoms with Crippen LogP contribution in [0.15, 0.2) is 91.1 Å². The molecular formula is C23H19N3O2. The molecule has 0 fully saturated rings. The van der Waals surface area contributed by atoms with E-state index >= 15 is 0 Å². The molecule has 1 heterocycles. The first-order chi connectivity index (χ1) is 13.7. The van der Waals surface area contributed by atoms with Crippen LogP contribution < -0.4 is 20.9 Å². The lowest BCUT2D eigenvalue weighted by molar-refractivity contribution is 0.450. The van der Waals surface area contributed by atoms with E-state index in [1.54, 1.807) is 30.5 Å². The molecule has 5 heteroatoms. The molecule has 138 valence electrons. The van der Waals surface area contributed by atoms with Gasteiger partial charge in [0, 0.05) is 23.4 Å². The van der Waals surface area contributed by atoms with Gasteiger partial charge in [-0.2, -0.15) is 0 Å². The molecule has 1 aromatic heterocycles. The minimum Gasteiger partial charge on any atom is -0.457 e. The molecule has 0 bridgehead atoms. The molecular weight excluding hydrogens is 350 g/mol. The number of nitrogens with two attached hydrogens (primary N) is 2. The highest BCUT2D eigenvalue weighted by Gasteiger charge is 2.11. The Morgan fingerprint density at radius 2 is 1.36 bits per heavy atom. The van der Waals surface area contributed by atoms with Crippen LogP contribution in [-0.2, 0) is 0 Å². The Morgan fingerprint density at radius 3 is 2.07 bits per heavy atom. The van der Waals surface area contributed by atoms with Gasteiger partial charge in [-0.25, -0.2) is 4.98 Å². The van der Waals surface area contributed by atoms with E-state index in [2.05, 4.69) is 4.98 Å². The van der Waals surface area contributed by atoms with Crippen molar-refractivity contribution in [2.24, 2.45) is 0 Å². The van der Waals surface area contributed by atoms with E-state index in [1.807, 2.05) is 60.7 Å². The first kappa shape index (κ1) is 17.4. The second-order valence-corrected chi connectivity index (χ2v) is 6.23. The summed E-state index contributed by atoms with van der Waals surface area (Å²) in [4.78, 5) is 4.18. The molecule has 0 saturated carbocycles. The second kappa shape index (κ2) is 7.72. The Hall–Kier alpha value is -3.99. The average molecular weight is 369 g/mol. The van der Waals surface area contributed by atoms with Crippen LogP contribution in [0, 0.1) is 0 Å². The van der Waals surface area contributed by atoms with Gasteiger partial charge in [0.2, 0.25) is 5.88 Å². The number of nitrogen functional groups attached to an aromatic ring is 2. The van der Waals surface area contributed by atoms with Gasteiger partial charge >= 0.3 is 0 Å². The lowest BCUT2D eigenvalue weighted by Crippen LogP contribution is -1.93. The summed E-state index contributed by atoms with van der Waals surface area (Å²) in [5.74, 6) is 2.43. The van der Waals surface area contributed by atoms with Crippen LogP contribution in [0.4, 0.5) is 11.4 Å². The molecule has 0 radical (unpaired) electrons. The number of nitrogens with zero attached hydrogens (tertiary/aromatic N) is 1. The first-order valence-corrected chi connectivity index (χ1v) is 8.80. The summed E-state index contributed by atoms with van der Waals surface area (Å²) in [7, 11) is 0. The summed E-state index contributed by atoms with van der Waals surface area (Å²) >= 11 is 0. The Labute approximate surface area is 163 Å². The molecule has 0 aliphatic carbocycles. The Morgan fingerprint density at radius 1 is 0.643 bits per heavy atom. The van der Waals surface area contributed by atoms with E-state index in [-0.39, 0.29) is 0 Å². The SMILES string of the molecule is Nc1ccc(Oc2cc(Oc3ccc(N)cn3)ccc2-c2ccccc2)cc1. The maximum absolute atomic E-state index is 6.14. The summed E-state index contributed by atoms with van der Waals surface area (Å²) in [6.45, 7) is 0. The lowest BCUT2D eigenvalue weighted by Gasteiger charge is -2.14. The van der Waals surface area contributed by atoms with Crippen molar-refractivity contribution in [1.82, 2.24) is 4.98 Å². The van der Waals surface area contributed by atoms with Crippen LogP contribution >= 0.6 is 0 Å². The normalized spacial score (nSPS) is 10.4. The zero-order chi connectivity index (χ0) is 19.3. The fourth-order valence-electron chi connectivity index (χ4n) is 2.74. The van der Waals surface area contributed by atoms with Gasteiger partial charge in [0.05, 0.1) is 11.9 Å². The zero-order valence-corrected chi connectivity index (χ0v) is 15.1. The number of hydrogen-bond acceptors (Lipinski definition) is 5. The van der Waals surface area contributed by atoms with E-state index in [9.17, 15) is 0 Å². The summed E-state index contributed by atoms with van der Waals surface area (Å²) in [5.41, 5.74) is 14.7. The van der Waals surface area contributed by atoms with Crippen LogP contribution in [0.2, 0.25) is 0 Å². The molecule has 3 aromatic carbocycles. The zero-order valence-electron chi connectivity index (χ0n) is 15.1. The summed E-state index contributed by atoms with van der Waals surface area (Å²) in [6, 6.07) is 26.5. The van der Waals surface area contributed by atoms with Gasteiger partial charge < -0.3 is 20.9 Å². The standard InChI is InChI=1S/C23H19N3O2/c24-17-6-9-19(10-7-17)27-22-14-20(28-23-13-8-18(25)15-26-23)11-12-21(22)16-4-2-1-3-5-16/h1-15H,24-25H2. The van der Waals surface area contributed by atoms with Crippen molar-refractivity contribution in [3.05, 3.63) is 91.1 Å². The quantitative estimate of drug-likeness (QED) is 0.454. The van der Waals surface area contributed by atoms with Crippen LogP contribution in [0.1, 0.15) is 0 Å². The predicted molar refractivity (Wildman–Crippen MR) is 112 cm³/mol. The number of rotatable bonds is 5. The molecule has 0 spiro atoms. The summed E-state index contributed by atoms with van der Waals surface area (Å²) in [6.07, 6.45) is 1.56. The van der Waals surface area contributed by atoms with E-state index in [0.29, 0.717) is 34.5 Å². The van der Waals surface area contributed by atoms with Crippen molar-refractivity contribution in [3.8, 4) is 34.3 Å². The molecule has 0 saturated heterocycles. The number of benzene rings is 3. The van der Waals surface area contributed by atoms with E-state index in [1.165, 1.54) is 0 Å². The van der Waals surface area contributed by atoms with Gasteiger partial charge in [0.1, 0.15) is 17.2 Å². The molecule has 5 nitrogen and oxygen atoms in total. The topological polar surface area (TPSA) is 83.4 Å². The molecule has 0 atom stereocenters. The third-order valence-electron chi connectivity index (χ3n) is 4.13. The van der Waals surface area contributed by atoms with Gasteiger partial charge in [-0.05, 0) is 48.0 Å². The highest BCUT2D eigenvalue weighted by Crippen LogP contribution is 2.37. The van der Waals surface area contributed by atoms with Crippen LogP contribution in [0.3, 0.4) is 0 Å². The number of pyridine rings is 1. The first-order valence-electron chi connectivity index (χ1n) is 8.80. The molecule has 4 rings (SSSR count). The van der Waals surface area contributed by atoms with Crippen molar-refractivity contribution in [2.75, 3.05) is 11.5 Å². The Kier molecular flexibility index (Phi) is 4.80. The van der Waals surface area contributed by atoms with Gasteiger partial charge in [-0.15, -0.1) is 0 Å². The maximum Gasteiger partial charge on any atom is 0.219 e. The second-order valence-electron chi connectivity index (χ2n) is 6.23. The summed E-state index contributed by atoms with van der Waals surface area (Å²) < 4.78 is 12.0. The van der Waals surface area contributed by atoms with E-state index < -0.39 is 0 Å². The average Bonchev–Trinajstić information content (AvgIpc) is 2.72. The Balaban J connectivity index is 1.70. The van der Waals surface area contributed by atoms with Gasteiger partial charge in [0.15, 0.2) is 0 Å². The Bertz CT molecular complexity index is 1060. The van der Waals surface area contributed by atoms with Crippen molar-refractivity contribution >= 4 is 11.4 Å². The molecule has 0 aliphatic heterocycles. The highest BCUT2D eigenvalue weighted by molar-refractivity contribution is 5.72. The lowest BCUT2D eigenvalue weighted by atomic mass is 10.0. The summed E-state index contributed by atoms with van der Waals surface area (Å²) in [5, 5.41) is 0. The van der Waals surface area contributed by atoms with Crippen LogP contribution in [-0.4, -0.2) is 4.98 Å². The van der Waals surface area contributed by atoms with Gasteiger partial charge in [-0.3, -0.25) is 0 Å². The monoisotopic (exact) mass is 369 g/mol. The van der Waals surface area contributed by atoms with E-state index in [0.717, 1.165) is 11.1 Å². The smallest absolute Gasteiger partial charge is 0.219 e. The van der Waals surface area contributed by atoms with Crippen molar-refractivity contribution in [3.63, 3.8) is 0 Å². The van der Waals surface area contributed by atoms with E-state index in [4.69, 9.17) is 20.9 Å². The van der Waals surface area contributed by atoms with Crippen LogP contribution in [0.5, 0.6) is 23.1 Å². The number of ether oxygens (including phenoxy) is 2. The molecule has 0 amide bonds. The van der Waals surface area contributed by atoms with Crippen molar-refractivity contribution < 1.29 is 9.47 Å². The fourth-order valence-corrected chi connectivity index (χ4v) is 2.74. The number of aromatic nitrogens is 1. The number of anilines is 2. The minimum absolute atomic E-state index is 0.458.